The van der Waals surface area contributed by atoms with Crippen LogP contribution < -0.4 is 9.80 Å². The number of carbonyl (C=O) groups excluding carboxylic acids is 1. The molecule has 1 amide bonds. The minimum absolute atomic E-state index is 0.0747. The summed E-state index contributed by atoms with van der Waals surface area (Å²) in [6.07, 6.45) is 0. The van der Waals surface area contributed by atoms with E-state index in [9.17, 15) is 4.79 Å². The molecule has 0 unspecified atom stereocenters. The fourth-order valence-electron chi connectivity index (χ4n) is 2.95. The Labute approximate surface area is 123 Å². The third kappa shape index (κ3) is 1.83. The zero-order valence-electron chi connectivity index (χ0n) is 11.8. The fraction of sp³-hybridized carbons (Fsp3) is 0.176. The zero-order valence-corrected chi connectivity index (χ0v) is 11.8. The van der Waals surface area contributed by atoms with Crippen molar-refractivity contribution in [3.8, 4) is 0 Å². The summed E-state index contributed by atoms with van der Waals surface area (Å²) in [5, 5.41) is 0. The number of para-hydroxylation sites is 2. The van der Waals surface area contributed by atoms with Gasteiger partial charge >= 0.3 is 0 Å². The molecule has 0 fully saturated rings. The summed E-state index contributed by atoms with van der Waals surface area (Å²) < 4.78 is 0. The van der Waals surface area contributed by atoms with E-state index in [0.29, 0.717) is 6.54 Å². The summed E-state index contributed by atoms with van der Waals surface area (Å²) in [6.45, 7) is 3.18. The van der Waals surface area contributed by atoms with Crippen molar-refractivity contribution in [2.75, 3.05) is 16.3 Å². The van der Waals surface area contributed by atoms with E-state index in [1.807, 2.05) is 35.2 Å². The van der Waals surface area contributed by atoms with Crippen LogP contribution >= 0.6 is 0 Å². The van der Waals surface area contributed by atoms with Gasteiger partial charge in [0.2, 0.25) is 5.96 Å². The van der Waals surface area contributed by atoms with Crippen LogP contribution in [0.25, 0.3) is 0 Å². The van der Waals surface area contributed by atoms with Crippen LogP contribution in [0, 0.1) is 6.92 Å². The monoisotopic (exact) mass is 277 g/mol. The van der Waals surface area contributed by atoms with Gasteiger partial charge in [-0.3, -0.25) is 4.79 Å². The van der Waals surface area contributed by atoms with Gasteiger partial charge in [-0.05, 0) is 30.2 Å². The van der Waals surface area contributed by atoms with Gasteiger partial charge in [-0.2, -0.15) is 4.99 Å². The minimum atomic E-state index is -0.0747. The number of hydrogen-bond donors (Lipinski definition) is 0. The summed E-state index contributed by atoms with van der Waals surface area (Å²) in [5.41, 5.74) is 4.68. The highest BCUT2D eigenvalue weighted by Gasteiger charge is 2.38. The van der Waals surface area contributed by atoms with Crippen molar-refractivity contribution in [3.63, 3.8) is 0 Å². The smallest absolute Gasteiger partial charge is 0.268 e. The molecule has 2 heterocycles. The predicted octanol–water partition coefficient (Wildman–Crippen LogP) is 2.72. The van der Waals surface area contributed by atoms with Crippen molar-refractivity contribution in [1.29, 1.82) is 0 Å². The second kappa shape index (κ2) is 4.45. The quantitative estimate of drug-likeness (QED) is 0.846. The van der Waals surface area contributed by atoms with Gasteiger partial charge in [-0.1, -0.05) is 36.4 Å². The van der Waals surface area contributed by atoms with Gasteiger partial charge in [0.25, 0.3) is 5.91 Å². The third-order valence-electron chi connectivity index (χ3n) is 4.05. The van der Waals surface area contributed by atoms with Crippen LogP contribution in [0.15, 0.2) is 53.5 Å². The Hall–Kier alpha value is -2.62. The van der Waals surface area contributed by atoms with E-state index in [0.717, 1.165) is 23.9 Å². The van der Waals surface area contributed by atoms with Crippen molar-refractivity contribution in [1.82, 2.24) is 0 Å². The number of amides is 1. The molecule has 0 spiro atoms. The number of anilines is 2. The van der Waals surface area contributed by atoms with Crippen molar-refractivity contribution in [2.24, 2.45) is 4.99 Å². The highest BCUT2D eigenvalue weighted by Crippen LogP contribution is 2.39. The minimum Gasteiger partial charge on any atom is -0.305 e. The molecule has 0 saturated carbocycles. The number of nitrogens with zero attached hydrogens (tertiary/aromatic N) is 3. The molecule has 0 atom stereocenters. The SMILES string of the molecule is Cc1ccccc1CN1C2=NC(=O)CN2c2ccccc21. The van der Waals surface area contributed by atoms with Crippen LogP contribution in [-0.4, -0.2) is 18.4 Å². The molecule has 2 aromatic rings. The Bertz CT molecular complexity index is 766. The average Bonchev–Trinajstić information content (AvgIpc) is 2.99. The van der Waals surface area contributed by atoms with Crippen molar-refractivity contribution < 1.29 is 4.79 Å². The van der Waals surface area contributed by atoms with Gasteiger partial charge in [0, 0.05) is 0 Å². The van der Waals surface area contributed by atoms with Crippen LogP contribution in [0.4, 0.5) is 11.4 Å². The Morgan fingerprint density at radius 1 is 1.05 bits per heavy atom. The third-order valence-corrected chi connectivity index (χ3v) is 4.05. The standard InChI is InChI=1S/C17H15N3O/c1-12-6-2-3-7-13(12)10-19-14-8-4-5-9-15(14)20-11-16(21)18-17(19)20/h2-9H,10-11H2,1H3. The predicted molar refractivity (Wildman–Crippen MR) is 83.6 cm³/mol. The van der Waals surface area contributed by atoms with E-state index in [2.05, 4.69) is 35.0 Å². The number of fused-ring (bicyclic) bond motifs is 3. The van der Waals surface area contributed by atoms with Crippen LogP contribution in [0.3, 0.4) is 0 Å². The maximum atomic E-state index is 11.7. The van der Waals surface area contributed by atoms with Gasteiger partial charge < -0.3 is 9.80 Å². The lowest BCUT2D eigenvalue weighted by atomic mass is 10.1. The summed E-state index contributed by atoms with van der Waals surface area (Å²) in [4.78, 5) is 20.0. The van der Waals surface area contributed by atoms with E-state index < -0.39 is 0 Å². The van der Waals surface area contributed by atoms with Crippen molar-refractivity contribution in [3.05, 3.63) is 59.7 Å². The molecule has 104 valence electrons. The van der Waals surface area contributed by atoms with Crippen LogP contribution in [0.5, 0.6) is 0 Å². The van der Waals surface area contributed by atoms with Crippen molar-refractivity contribution >= 4 is 23.2 Å². The maximum absolute atomic E-state index is 11.7. The van der Waals surface area contributed by atoms with Gasteiger partial charge in [0.1, 0.15) is 6.54 Å². The number of benzene rings is 2. The first-order valence-corrected chi connectivity index (χ1v) is 7.04. The highest BCUT2D eigenvalue weighted by atomic mass is 16.2. The highest BCUT2D eigenvalue weighted by molar-refractivity contribution is 6.24. The molecule has 4 heteroatoms. The fourth-order valence-corrected chi connectivity index (χ4v) is 2.95. The molecule has 4 rings (SSSR count). The molecular formula is C17H15N3O. The lowest BCUT2D eigenvalue weighted by Gasteiger charge is -2.20. The summed E-state index contributed by atoms with van der Waals surface area (Å²) in [7, 11) is 0. The molecule has 0 N–H and O–H groups in total. The molecule has 2 aliphatic rings. The first-order chi connectivity index (χ1) is 10.2. The molecule has 0 radical (unpaired) electrons. The average molecular weight is 277 g/mol. The molecule has 0 aromatic heterocycles. The lowest BCUT2D eigenvalue weighted by molar-refractivity contribution is -0.115. The Kier molecular flexibility index (Phi) is 2.57. The molecule has 0 bridgehead atoms. The molecule has 2 aromatic carbocycles. The second-order valence-corrected chi connectivity index (χ2v) is 5.39. The summed E-state index contributed by atoms with van der Waals surface area (Å²) >= 11 is 0. The number of aryl methyl sites for hydroxylation is 1. The topological polar surface area (TPSA) is 35.9 Å². The molecular weight excluding hydrogens is 262 g/mol. The molecule has 0 aliphatic carbocycles. The number of guanidine groups is 1. The van der Waals surface area contributed by atoms with E-state index in [1.54, 1.807) is 0 Å². The van der Waals surface area contributed by atoms with Gasteiger partial charge in [-0.25, -0.2) is 0 Å². The summed E-state index contributed by atoms with van der Waals surface area (Å²) in [5.74, 6) is 0.679. The van der Waals surface area contributed by atoms with Crippen LogP contribution in [-0.2, 0) is 11.3 Å². The van der Waals surface area contributed by atoms with E-state index in [-0.39, 0.29) is 5.91 Å². The van der Waals surface area contributed by atoms with Crippen molar-refractivity contribution in [2.45, 2.75) is 13.5 Å². The molecule has 4 nitrogen and oxygen atoms in total. The summed E-state index contributed by atoms with van der Waals surface area (Å²) in [6, 6.07) is 16.5. The number of hydrogen-bond acceptors (Lipinski definition) is 3. The van der Waals surface area contributed by atoms with Crippen LogP contribution in [0.2, 0.25) is 0 Å². The molecule has 2 aliphatic heterocycles. The maximum Gasteiger partial charge on any atom is 0.268 e. The first kappa shape index (κ1) is 12.1. The van der Waals surface area contributed by atoms with E-state index in [1.165, 1.54) is 11.1 Å². The first-order valence-electron chi connectivity index (χ1n) is 7.04. The zero-order chi connectivity index (χ0) is 14.4. The molecule has 21 heavy (non-hydrogen) atoms. The van der Waals surface area contributed by atoms with Gasteiger partial charge in [0.05, 0.1) is 17.9 Å². The van der Waals surface area contributed by atoms with Gasteiger partial charge in [-0.15, -0.1) is 0 Å². The largest absolute Gasteiger partial charge is 0.305 e. The second-order valence-electron chi connectivity index (χ2n) is 5.39. The van der Waals surface area contributed by atoms with E-state index in [4.69, 9.17) is 0 Å². The Morgan fingerprint density at radius 3 is 2.57 bits per heavy atom. The number of aliphatic imine (C=N–C) groups is 1. The van der Waals surface area contributed by atoms with Gasteiger partial charge in [0.15, 0.2) is 0 Å². The molecule has 0 saturated heterocycles. The lowest BCUT2D eigenvalue weighted by Crippen LogP contribution is -2.35. The van der Waals surface area contributed by atoms with Crippen LogP contribution in [0.1, 0.15) is 11.1 Å². The number of carbonyl (C=O) groups is 1. The normalized spacial score (nSPS) is 16.0. The Balaban J connectivity index is 1.78. The van der Waals surface area contributed by atoms with E-state index >= 15 is 0 Å². The number of rotatable bonds is 2. The Morgan fingerprint density at radius 2 is 1.76 bits per heavy atom.